The molecule has 0 unspecified atom stereocenters. The second kappa shape index (κ2) is 6.48. The molecule has 2 N–H and O–H groups in total. The third-order valence-corrected chi connectivity index (χ3v) is 3.23. The summed E-state index contributed by atoms with van der Waals surface area (Å²) in [6, 6.07) is 0. The van der Waals surface area contributed by atoms with Gasteiger partial charge in [0.25, 0.3) is 0 Å². The van der Waals surface area contributed by atoms with Crippen LogP contribution in [0.15, 0.2) is 0 Å². The van der Waals surface area contributed by atoms with Gasteiger partial charge in [-0.15, -0.1) is 0 Å². The molecule has 1 aliphatic heterocycles. The van der Waals surface area contributed by atoms with Crippen molar-refractivity contribution in [2.75, 3.05) is 20.3 Å². The monoisotopic (exact) mass is 306 g/mol. The Morgan fingerprint density at radius 2 is 1.76 bits per heavy atom. The summed E-state index contributed by atoms with van der Waals surface area (Å²) in [5, 5.41) is 20.3. The highest BCUT2D eigenvalue weighted by Gasteiger charge is 2.52. The van der Waals surface area contributed by atoms with Gasteiger partial charge in [-0.25, -0.2) is 0 Å². The first-order valence-corrected chi connectivity index (χ1v) is 7.27. The molecule has 1 heterocycles. The summed E-state index contributed by atoms with van der Waals surface area (Å²) in [5.74, 6) is -0.833. The van der Waals surface area contributed by atoms with Gasteiger partial charge >= 0.3 is 0 Å². The minimum atomic E-state index is -1.27. The lowest BCUT2D eigenvalue weighted by atomic mass is 9.91. The second-order valence-electron chi connectivity index (χ2n) is 7.26. The summed E-state index contributed by atoms with van der Waals surface area (Å²) >= 11 is 0. The highest BCUT2D eigenvalue weighted by atomic mass is 16.8. The predicted molar refractivity (Wildman–Crippen MR) is 78.0 cm³/mol. The van der Waals surface area contributed by atoms with Gasteiger partial charge in [0, 0.05) is 7.11 Å². The fraction of sp³-hybridized carbons (Fsp3) is 1.00. The largest absolute Gasteiger partial charge is 0.394 e. The third-order valence-electron chi connectivity index (χ3n) is 3.23. The number of hydrogen-bond acceptors (Lipinski definition) is 6. The van der Waals surface area contributed by atoms with Crippen LogP contribution in [0.2, 0.25) is 0 Å². The van der Waals surface area contributed by atoms with Crippen molar-refractivity contribution in [1.29, 1.82) is 0 Å². The van der Waals surface area contributed by atoms with E-state index in [2.05, 4.69) is 0 Å². The van der Waals surface area contributed by atoms with Crippen molar-refractivity contribution in [2.45, 2.75) is 76.8 Å². The maximum atomic E-state index is 10.7. The molecule has 1 aliphatic rings. The lowest BCUT2D eigenvalue weighted by molar-refractivity contribution is -0.222. The summed E-state index contributed by atoms with van der Waals surface area (Å²) in [5.41, 5.74) is -1.76. The molecule has 1 saturated heterocycles. The molecular weight excluding hydrogens is 276 g/mol. The van der Waals surface area contributed by atoms with Crippen molar-refractivity contribution >= 4 is 0 Å². The number of aliphatic hydroxyl groups excluding tert-OH is 1. The molecular formula is C15H30O6. The van der Waals surface area contributed by atoms with Crippen LogP contribution in [0.25, 0.3) is 0 Å². The average Bonchev–Trinajstić information content (AvgIpc) is 2.60. The molecule has 0 aliphatic carbocycles. The maximum absolute atomic E-state index is 10.7. The van der Waals surface area contributed by atoms with E-state index in [1.807, 2.05) is 20.8 Å². The van der Waals surface area contributed by atoms with Crippen LogP contribution in [0, 0.1) is 0 Å². The molecule has 0 aromatic rings. The second-order valence-corrected chi connectivity index (χ2v) is 7.26. The van der Waals surface area contributed by atoms with E-state index in [9.17, 15) is 10.2 Å². The zero-order valence-electron chi connectivity index (χ0n) is 14.2. The van der Waals surface area contributed by atoms with E-state index in [4.69, 9.17) is 18.9 Å². The number of aliphatic hydroxyl groups is 2. The zero-order chi connectivity index (χ0) is 16.5. The van der Waals surface area contributed by atoms with Crippen LogP contribution in [0.1, 0.15) is 41.5 Å². The molecule has 0 aromatic heterocycles. The first-order chi connectivity index (χ1) is 9.42. The van der Waals surface area contributed by atoms with Crippen LogP contribution in [0.3, 0.4) is 0 Å². The predicted octanol–water partition coefficient (Wildman–Crippen LogP) is 1.08. The van der Waals surface area contributed by atoms with Gasteiger partial charge in [0.2, 0.25) is 0 Å². The zero-order valence-corrected chi connectivity index (χ0v) is 14.2. The SMILES string of the molecule is COC[C@@](C)(O)[C@@H](OC(C)(C)C)[C@@H]1OC(C)(C)O[C@@H]1CO. The highest BCUT2D eigenvalue weighted by Crippen LogP contribution is 2.36. The first-order valence-electron chi connectivity index (χ1n) is 7.27. The normalized spacial score (nSPS) is 30.1. The van der Waals surface area contributed by atoms with Crippen molar-refractivity contribution in [3.8, 4) is 0 Å². The Hall–Kier alpha value is -0.240. The minimum Gasteiger partial charge on any atom is -0.394 e. The first kappa shape index (κ1) is 18.8. The minimum absolute atomic E-state index is 0.0895. The van der Waals surface area contributed by atoms with Gasteiger partial charge < -0.3 is 29.2 Å². The Labute approximate surface area is 127 Å². The van der Waals surface area contributed by atoms with Crippen LogP contribution in [0.4, 0.5) is 0 Å². The van der Waals surface area contributed by atoms with Crippen LogP contribution < -0.4 is 0 Å². The number of hydrogen-bond donors (Lipinski definition) is 2. The fourth-order valence-corrected chi connectivity index (χ4v) is 2.56. The Morgan fingerprint density at radius 3 is 2.19 bits per heavy atom. The quantitative estimate of drug-likeness (QED) is 0.764. The Balaban J connectivity index is 3.05. The lowest BCUT2D eigenvalue weighted by Crippen LogP contribution is -2.57. The van der Waals surface area contributed by atoms with E-state index in [0.29, 0.717) is 0 Å². The molecule has 6 heteroatoms. The van der Waals surface area contributed by atoms with Crippen molar-refractivity contribution in [3.05, 3.63) is 0 Å². The molecule has 21 heavy (non-hydrogen) atoms. The van der Waals surface area contributed by atoms with Gasteiger partial charge in [0.05, 0.1) is 18.8 Å². The Morgan fingerprint density at radius 1 is 1.19 bits per heavy atom. The molecule has 6 nitrogen and oxygen atoms in total. The summed E-state index contributed by atoms with van der Waals surface area (Å²) in [6.07, 6.45) is -1.85. The van der Waals surface area contributed by atoms with E-state index in [-0.39, 0.29) is 13.2 Å². The van der Waals surface area contributed by atoms with E-state index in [0.717, 1.165) is 0 Å². The lowest BCUT2D eigenvalue weighted by Gasteiger charge is -2.40. The van der Waals surface area contributed by atoms with Gasteiger partial charge in [0.1, 0.15) is 23.9 Å². The van der Waals surface area contributed by atoms with Crippen LogP contribution >= 0.6 is 0 Å². The average molecular weight is 306 g/mol. The number of ether oxygens (including phenoxy) is 4. The standard InChI is InChI=1S/C15H30O6/c1-13(2,3)21-12(15(6,17)9-18-7)11-10(8-16)19-14(4,5)20-11/h10-12,16-17H,8-9H2,1-7H3/t10-,11-,12+,15-/m1/s1. The van der Waals surface area contributed by atoms with Crippen molar-refractivity contribution in [3.63, 3.8) is 0 Å². The van der Waals surface area contributed by atoms with Crippen molar-refractivity contribution in [1.82, 2.24) is 0 Å². The van der Waals surface area contributed by atoms with Gasteiger partial charge in [0.15, 0.2) is 5.79 Å². The summed E-state index contributed by atoms with van der Waals surface area (Å²) in [6.45, 7) is 10.8. The van der Waals surface area contributed by atoms with Gasteiger partial charge in [-0.1, -0.05) is 0 Å². The molecule has 4 atom stereocenters. The molecule has 1 fully saturated rings. The molecule has 126 valence electrons. The number of rotatable bonds is 6. The van der Waals surface area contributed by atoms with E-state index in [1.165, 1.54) is 7.11 Å². The summed E-state index contributed by atoms with van der Waals surface area (Å²) in [4.78, 5) is 0. The Kier molecular flexibility index (Phi) is 5.80. The topological polar surface area (TPSA) is 77.4 Å². The highest BCUT2D eigenvalue weighted by molar-refractivity contribution is 4.97. The molecule has 0 amide bonds. The van der Waals surface area contributed by atoms with E-state index >= 15 is 0 Å². The van der Waals surface area contributed by atoms with Crippen molar-refractivity contribution < 1.29 is 29.2 Å². The molecule has 1 rings (SSSR count). The van der Waals surface area contributed by atoms with Crippen LogP contribution in [-0.2, 0) is 18.9 Å². The fourth-order valence-electron chi connectivity index (χ4n) is 2.56. The van der Waals surface area contributed by atoms with Crippen molar-refractivity contribution in [2.24, 2.45) is 0 Å². The third kappa shape index (κ3) is 5.16. The Bertz CT molecular complexity index is 334. The molecule has 0 bridgehead atoms. The van der Waals surface area contributed by atoms with E-state index < -0.39 is 35.3 Å². The molecule has 0 spiro atoms. The van der Waals surface area contributed by atoms with Gasteiger partial charge in [-0.3, -0.25) is 0 Å². The summed E-state index contributed by atoms with van der Waals surface area (Å²) in [7, 11) is 1.52. The smallest absolute Gasteiger partial charge is 0.164 e. The van der Waals surface area contributed by atoms with Crippen LogP contribution in [-0.4, -0.2) is 65.8 Å². The number of methoxy groups -OCH3 is 1. The molecule has 0 radical (unpaired) electrons. The van der Waals surface area contributed by atoms with Gasteiger partial charge in [-0.2, -0.15) is 0 Å². The molecule has 0 aromatic carbocycles. The van der Waals surface area contributed by atoms with Gasteiger partial charge in [-0.05, 0) is 41.5 Å². The maximum Gasteiger partial charge on any atom is 0.164 e. The molecule has 0 saturated carbocycles. The van der Waals surface area contributed by atoms with E-state index in [1.54, 1.807) is 20.8 Å². The summed E-state index contributed by atoms with van der Waals surface area (Å²) < 4.78 is 22.7. The van der Waals surface area contributed by atoms with Crippen LogP contribution in [0.5, 0.6) is 0 Å².